The molecule has 2 heterocycles. The predicted octanol–water partition coefficient (Wildman–Crippen LogP) is 2.56. The Kier molecular flexibility index (Phi) is 5.23. The maximum Gasteiger partial charge on any atom is 0.355 e. The van der Waals surface area contributed by atoms with Gasteiger partial charge in [-0.2, -0.15) is 0 Å². The molecule has 0 unspecified atom stereocenters. The Hall–Kier alpha value is -2.83. The second-order valence-corrected chi connectivity index (χ2v) is 5.66. The molecule has 0 fully saturated rings. The number of nitrogens with one attached hydrogen (secondary N) is 2. The molecule has 2 N–H and O–H groups in total. The van der Waals surface area contributed by atoms with E-state index in [-0.39, 0.29) is 24.2 Å². The maximum absolute atomic E-state index is 12.2. The summed E-state index contributed by atoms with van der Waals surface area (Å²) in [4.78, 5) is 41.7. The molecule has 7 nitrogen and oxygen atoms in total. The molecular weight excluding hydrogens is 312 g/mol. The Morgan fingerprint density at radius 3 is 2.46 bits per heavy atom. The van der Waals surface area contributed by atoms with Gasteiger partial charge in [0.05, 0.1) is 17.4 Å². The molecule has 0 bridgehead atoms. The first-order valence-electron chi connectivity index (χ1n) is 7.55. The van der Waals surface area contributed by atoms with Crippen molar-refractivity contribution in [1.29, 1.82) is 0 Å². The molecule has 128 valence electrons. The van der Waals surface area contributed by atoms with Crippen molar-refractivity contribution in [3.63, 3.8) is 0 Å². The van der Waals surface area contributed by atoms with Gasteiger partial charge in [0.1, 0.15) is 5.69 Å². The van der Waals surface area contributed by atoms with Crippen LogP contribution in [0.5, 0.6) is 0 Å². The number of rotatable bonds is 6. The molecule has 0 saturated heterocycles. The van der Waals surface area contributed by atoms with E-state index < -0.39 is 11.9 Å². The number of esters is 2. The van der Waals surface area contributed by atoms with Crippen LogP contribution in [0.25, 0.3) is 0 Å². The van der Waals surface area contributed by atoms with Gasteiger partial charge in [-0.05, 0) is 45.4 Å². The summed E-state index contributed by atoms with van der Waals surface area (Å²) in [6, 6.07) is 3.28. The molecule has 0 aliphatic rings. The highest BCUT2D eigenvalue weighted by Crippen LogP contribution is 2.20. The quantitative estimate of drug-likeness (QED) is 0.625. The number of ether oxygens (including phenoxy) is 2. The minimum Gasteiger partial charge on any atom is -0.459 e. The van der Waals surface area contributed by atoms with Gasteiger partial charge in [0, 0.05) is 11.9 Å². The zero-order chi connectivity index (χ0) is 17.9. The molecule has 2 aromatic rings. The van der Waals surface area contributed by atoms with Gasteiger partial charge in [-0.3, -0.25) is 4.79 Å². The number of H-pyrrole nitrogens is 2. The summed E-state index contributed by atoms with van der Waals surface area (Å²) in [6.45, 7) is 6.41. The fourth-order valence-electron chi connectivity index (χ4n) is 2.32. The normalized spacial score (nSPS) is 10.7. The zero-order valence-corrected chi connectivity index (χ0v) is 14.1. The van der Waals surface area contributed by atoms with Gasteiger partial charge in [0.2, 0.25) is 5.78 Å². The first kappa shape index (κ1) is 17.5. The number of aromatic nitrogens is 2. The lowest BCUT2D eigenvalue weighted by Crippen LogP contribution is -2.16. The number of aryl methyl sites for hydroxylation is 1. The molecule has 0 radical (unpaired) electrons. The molecule has 0 atom stereocenters. The van der Waals surface area contributed by atoms with Crippen molar-refractivity contribution in [1.82, 2.24) is 9.97 Å². The zero-order valence-electron chi connectivity index (χ0n) is 14.1. The van der Waals surface area contributed by atoms with E-state index in [4.69, 9.17) is 9.47 Å². The van der Waals surface area contributed by atoms with Gasteiger partial charge in [0.25, 0.3) is 0 Å². The van der Waals surface area contributed by atoms with E-state index in [0.29, 0.717) is 22.5 Å². The predicted molar refractivity (Wildman–Crippen MR) is 86.2 cm³/mol. The fraction of sp³-hybridized carbons (Fsp3) is 0.353. The smallest absolute Gasteiger partial charge is 0.355 e. The Labute approximate surface area is 139 Å². The standard InChI is InChI=1S/C17H20N2O5/c1-9(2)24-16(21)14-10(3)15(19-11(14)4)17(22)23-8-13(20)12-6-5-7-18-12/h5-7,9,18-19H,8H2,1-4H3. The highest BCUT2D eigenvalue weighted by molar-refractivity contribution is 6.00. The van der Waals surface area contributed by atoms with E-state index in [1.807, 2.05) is 0 Å². The van der Waals surface area contributed by atoms with Gasteiger partial charge < -0.3 is 19.4 Å². The second-order valence-electron chi connectivity index (χ2n) is 5.66. The molecule has 24 heavy (non-hydrogen) atoms. The largest absolute Gasteiger partial charge is 0.459 e. The van der Waals surface area contributed by atoms with E-state index >= 15 is 0 Å². The third-order valence-corrected chi connectivity index (χ3v) is 3.42. The Balaban J connectivity index is 2.10. The second kappa shape index (κ2) is 7.16. The molecular formula is C17H20N2O5. The lowest BCUT2D eigenvalue weighted by atomic mass is 10.1. The first-order chi connectivity index (χ1) is 11.3. The summed E-state index contributed by atoms with van der Waals surface area (Å²) >= 11 is 0. The van der Waals surface area contributed by atoms with Crippen LogP contribution in [-0.4, -0.2) is 40.4 Å². The van der Waals surface area contributed by atoms with Crippen LogP contribution < -0.4 is 0 Å². The van der Waals surface area contributed by atoms with E-state index in [9.17, 15) is 14.4 Å². The van der Waals surface area contributed by atoms with E-state index in [1.165, 1.54) is 0 Å². The number of hydrogen-bond acceptors (Lipinski definition) is 5. The highest BCUT2D eigenvalue weighted by Gasteiger charge is 2.25. The molecule has 7 heteroatoms. The average molecular weight is 332 g/mol. The molecule has 0 amide bonds. The van der Waals surface area contributed by atoms with Crippen LogP contribution in [0.15, 0.2) is 18.3 Å². The Morgan fingerprint density at radius 2 is 1.88 bits per heavy atom. The van der Waals surface area contributed by atoms with Gasteiger partial charge in [-0.15, -0.1) is 0 Å². The van der Waals surface area contributed by atoms with Gasteiger partial charge >= 0.3 is 11.9 Å². The molecule has 0 aliphatic heterocycles. The molecule has 0 spiro atoms. The van der Waals surface area contributed by atoms with Crippen LogP contribution in [0.3, 0.4) is 0 Å². The van der Waals surface area contributed by atoms with Crippen LogP contribution in [-0.2, 0) is 9.47 Å². The average Bonchev–Trinajstić information content (AvgIpc) is 3.12. The monoisotopic (exact) mass is 332 g/mol. The topological polar surface area (TPSA) is 101 Å². The van der Waals surface area contributed by atoms with Crippen LogP contribution >= 0.6 is 0 Å². The SMILES string of the molecule is Cc1[nH]c(C(=O)OCC(=O)c2ccc[nH]2)c(C)c1C(=O)OC(C)C. The number of carbonyl (C=O) groups excluding carboxylic acids is 3. The van der Waals surface area contributed by atoms with Crippen molar-refractivity contribution in [3.8, 4) is 0 Å². The number of carbonyl (C=O) groups is 3. The van der Waals surface area contributed by atoms with Crippen molar-refractivity contribution >= 4 is 17.7 Å². The molecule has 0 saturated carbocycles. The summed E-state index contributed by atoms with van der Waals surface area (Å²) in [7, 11) is 0. The van der Waals surface area contributed by atoms with Crippen molar-refractivity contribution in [2.75, 3.05) is 6.61 Å². The molecule has 0 aromatic carbocycles. The summed E-state index contributed by atoms with van der Waals surface area (Å²) < 4.78 is 10.2. The summed E-state index contributed by atoms with van der Waals surface area (Å²) in [5.41, 5.74) is 1.77. The summed E-state index contributed by atoms with van der Waals surface area (Å²) in [5, 5.41) is 0. The van der Waals surface area contributed by atoms with E-state index in [2.05, 4.69) is 9.97 Å². The molecule has 2 rings (SSSR count). The van der Waals surface area contributed by atoms with Crippen LogP contribution in [0.1, 0.15) is 56.4 Å². The Bertz CT molecular complexity index is 756. The third-order valence-electron chi connectivity index (χ3n) is 3.42. The van der Waals surface area contributed by atoms with E-state index in [1.54, 1.807) is 46.0 Å². The highest BCUT2D eigenvalue weighted by atomic mass is 16.5. The third kappa shape index (κ3) is 3.73. The van der Waals surface area contributed by atoms with Gasteiger partial charge in [-0.25, -0.2) is 9.59 Å². The lowest BCUT2D eigenvalue weighted by Gasteiger charge is -2.08. The summed E-state index contributed by atoms with van der Waals surface area (Å²) in [6.07, 6.45) is 1.35. The van der Waals surface area contributed by atoms with Crippen LogP contribution in [0.2, 0.25) is 0 Å². The number of aromatic amines is 2. The minimum absolute atomic E-state index is 0.141. The van der Waals surface area contributed by atoms with Crippen LogP contribution in [0.4, 0.5) is 0 Å². The number of hydrogen-bond donors (Lipinski definition) is 2. The van der Waals surface area contributed by atoms with Gasteiger partial charge in [0.15, 0.2) is 6.61 Å². The maximum atomic E-state index is 12.2. The van der Waals surface area contributed by atoms with E-state index in [0.717, 1.165) is 0 Å². The fourth-order valence-corrected chi connectivity index (χ4v) is 2.32. The lowest BCUT2D eigenvalue weighted by molar-refractivity contribution is 0.0376. The minimum atomic E-state index is -0.695. The van der Waals surface area contributed by atoms with Gasteiger partial charge in [-0.1, -0.05) is 0 Å². The van der Waals surface area contributed by atoms with Crippen molar-refractivity contribution in [3.05, 3.63) is 46.5 Å². The van der Waals surface area contributed by atoms with Crippen molar-refractivity contribution < 1.29 is 23.9 Å². The van der Waals surface area contributed by atoms with Crippen molar-refractivity contribution in [2.45, 2.75) is 33.8 Å². The number of Topliss-reactive ketones (excluding diaryl/α,β-unsaturated/α-hetero) is 1. The van der Waals surface area contributed by atoms with Crippen molar-refractivity contribution in [2.24, 2.45) is 0 Å². The Morgan fingerprint density at radius 1 is 1.17 bits per heavy atom. The van der Waals surface area contributed by atoms with Crippen LogP contribution in [0, 0.1) is 13.8 Å². The molecule has 0 aliphatic carbocycles. The molecule has 2 aromatic heterocycles. The summed E-state index contributed by atoms with van der Waals surface area (Å²) in [5.74, 6) is -1.54. The number of ketones is 1. The first-order valence-corrected chi connectivity index (χ1v) is 7.55.